The van der Waals surface area contributed by atoms with Crippen molar-refractivity contribution in [1.29, 1.82) is 0 Å². The first-order chi connectivity index (χ1) is 13.8. The van der Waals surface area contributed by atoms with Gasteiger partial charge in [0, 0.05) is 31.1 Å². The first-order valence-corrected chi connectivity index (χ1v) is 9.95. The van der Waals surface area contributed by atoms with Crippen molar-refractivity contribution in [3.8, 4) is 0 Å². The average molecular weight is 414 g/mol. The van der Waals surface area contributed by atoms with Crippen molar-refractivity contribution in [2.75, 3.05) is 16.8 Å². The third kappa shape index (κ3) is 5.15. The lowest BCUT2D eigenvalue weighted by Gasteiger charge is -2.18. The smallest absolute Gasteiger partial charge is 0.227 e. The van der Waals surface area contributed by atoms with E-state index in [0.717, 1.165) is 5.56 Å². The normalized spacial score (nSPS) is 16.2. The highest BCUT2D eigenvalue weighted by Gasteiger charge is 2.35. The van der Waals surface area contributed by atoms with Gasteiger partial charge in [-0.15, -0.1) is 0 Å². The Bertz CT molecular complexity index is 929. The molecule has 2 aromatic carbocycles. The minimum absolute atomic E-state index is 0.0599. The van der Waals surface area contributed by atoms with E-state index < -0.39 is 5.92 Å². The van der Waals surface area contributed by atoms with Crippen LogP contribution in [0.15, 0.2) is 48.5 Å². The maximum Gasteiger partial charge on any atom is 0.227 e. The topological polar surface area (TPSA) is 78.5 Å². The average Bonchev–Trinajstić information content (AvgIpc) is 3.08. The molecule has 29 heavy (non-hydrogen) atoms. The lowest BCUT2D eigenvalue weighted by atomic mass is 10.1. The number of hydrogen-bond acceptors (Lipinski definition) is 3. The number of halogens is 1. The minimum atomic E-state index is -0.428. The van der Waals surface area contributed by atoms with Crippen LogP contribution in [0.3, 0.4) is 0 Å². The van der Waals surface area contributed by atoms with Crippen molar-refractivity contribution < 1.29 is 14.4 Å². The second-order valence-corrected chi connectivity index (χ2v) is 7.83. The summed E-state index contributed by atoms with van der Waals surface area (Å²) in [5.41, 5.74) is 2.19. The molecular formula is C22H24ClN3O3. The van der Waals surface area contributed by atoms with Crippen LogP contribution in [-0.2, 0) is 20.9 Å². The zero-order valence-electron chi connectivity index (χ0n) is 16.4. The molecule has 2 N–H and O–H groups in total. The number of benzene rings is 2. The third-order valence-corrected chi connectivity index (χ3v) is 5.14. The Balaban J connectivity index is 1.58. The zero-order chi connectivity index (χ0) is 21.0. The fraction of sp³-hybridized carbons (Fsp3) is 0.318. The van der Waals surface area contributed by atoms with Crippen molar-refractivity contribution >= 4 is 40.7 Å². The highest BCUT2D eigenvalue weighted by molar-refractivity contribution is 6.33. The van der Waals surface area contributed by atoms with Crippen molar-refractivity contribution in [3.05, 3.63) is 59.1 Å². The predicted molar refractivity (Wildman–Crippen MR) is 114 cm³/mol. The Morgan fingerprint density at radius 2 is 1.93 bits per heavy atom. The molecule has 6 nitrogen and oxygen atoms in total. The molecule has 1 atom stereocenters. The van der Waals surface area contributed by atoms with E-state index in [9.17, 15) is 14.4 Å². The molecule has 1 heterocycles. The molecule has 1 aliphatic heterocycles. The first kappa shape index (κ1) is 20.9. The summed E-state index contributed by atoms with van der Waals surface area (Å²) in [4.78, 5) is 38.4. The number of para-hydroxylation sites is 1. The molecule has 1 aliphatic rings. The van der Waals surface area contributed by atoms with Gasteiger partial charge in [0.15, 0.2) is 0 Å². The highest BCUT2D eigenvalue weighted by atomic mass is 35.5. The summed E-state index contributed by atoms with van der Waals surface area (Å²) in [6.45, 7) is 4.28. The third-order valence-electron chi connectivity index (χ3n) is 4.82. The van der Waals surface area contributed by atoms with Gasteiger partial charge in [0.1, 0.15) is 0 Å². The predicted octanol–water partition coefficient (Wildman–Crippen LogP) is 3.60. The van der Waals surface area contributed by atoms with Gasteiger partial charge in [-0.2, -0.15) is 0 Å². The van der Waals surface area contributed by atoms with E-state index in [1.165, 1.54) is 0 Å². The number of nitrogens with one attached hydrogen (secondary N) is 2. The van der Waals surface area contributed by atoms with Crippen LogP contribution in [0.25, 0.3) is 0 Å². The van der Waals surface area contributed by atoms with Crippen LogP contribution in [0.1, 0.15) is 25.8 Å². The van der Waals surface area contributed by atoms with E-state index in [0.29, 0.717) is 29.5 Å². The molecule has 0 aliphatic carbocycles. The summed E-state index contributed by atoms with van der Waals surface area (Å²) in [7, 11) is 0. The van der Waals surface area contributed by atoms with Crippen molar-refractivity contribution in [3.63, 3.8) is 0 Å². The Labute approximate surface area is 175 Å². The van der Waals surface area contributed by atoms with E-state index >= 15 is 0 Å². The summed E-state index contributed by atoms with van der Waals surface area (Å²) >= 11 is 6.18. The Morgan fingerprint density at radius 1 is 1.17 bits per heavy atom. The van der Waals surface area contributed by atoms with Gasteiger partial charge in [-0.05, 0) is 29.8 Å². The molecule has 0 bridgehead atoms. The first-order valence-electron chi connectivity index (χ1n) is 9.57. The molecule has 0 spiro atoms. The van der Waals surface area contributed by atoms with Gasteiger partial charge in [0.2, 0.25) is 17.7 Å². The number of anilines is 2. The monoisotopic (exact) mass is 413 g/mol. The number of nitrogens with zero attached hydrogens (tertiary/aromatic N) is 1. The summed E-state index contributed by atoms with van der Waals surface area (Å²) in [6.07, 6.45) is 0.154. The highest BCUT2D eigenvalue weighted by Crippen LogP contribution is 2.31. The Morgan fingerprint density at radius 3 is 2.66 bits per heavy atom. The van der Waals surface area contributed by atoms with E-state index in [1.54, 1.807) is 23.1 Å². The minimum Gasteiger partial charge on any atom is -0.352 e. The molecule has 3 amide bonds. The van der Waals surface area contributed by atoms with E-state index in [1.807, 2.05) is 44.2 Å². The molecule has 1 saturated heterocycles. The molecule has 0 saturated carbocycles. The Kier molecular flexibility index (Phi) is 6.54. The van der Waals surface area contributed by atoms with E-state index in [4.69, 9.17) is 11.6 Å². The number of amides is 3. The van der Waals surface area contributed by atoms with Crippen LogP contribution in [0.2, 0.25) is 5.02 Å². The quantitative estimate of drug-likeness (QED) is 0.759. The summed E-state index contributed by atoms with van der Waals surface area (Å²) in [5, 5.41) is 6.22. The largest absolute Gasteiger partial charge is 0.352 e. The summed E-state index contributed by atoms with van der Waals surface area (Å²) in [5.74, 6) is -0.890. The maximum atomic E-state index is 12.6. The number of carbonyl (C=O) groups is 3. The fourth-order valence-electron chi connectivity index (χ4n) is 3.17. The number of carbonyl (C=O) groups excluding carboxylic acids is 3. The van der Waals surface area contributed by atoms with Crippen LogP contribution in [-0.4, -0.2) is 24.3 Å². The summed E-state index contributed by atoms with van der Waals surface area (Å²) in [6, 6.07) is 14.5. The van der Waals surface area contributed by atoms with Crippen molar-refractivity contribution in [2.45, 2.75) is 26.8 Å². The Hall–Kier alpha value is -2.86. The molecule has 152 valence electrons. The second-order valence-electron chi connectivity index (χ2n) is 7.42. The van der Waals surface area contributed by atoms with Crippen LogP contribution in [0.4, 0.5) is 11.4 Å². The van der Waals surface area contributed by atoms with Gasteiger partial charge in [0.05, 0.1) is 16.6 Å². The van der Waals surface area contributed by atoms with Gasteiger partial charge in [0.25, 0.3) is 0 Å². The van der Waals surface area contributed by atoms with Gasteiger partial charge >= 0.3 is 0 Å². The second kappa shape index (κ2) is 9.09. The molecule has 2 aromatic rings. The van der Waals surface area contributed by atoms with Gasteiger partial charge in [-0.25, -0.2) is 0 Å². The fourth-order valence-corrected chi connectivity index (χ4v) is 3.40. The lowest BCUT2D eigenvalue weighted by Crippen LogP contribution is -2.32. The standard InChI is InChI=1S/C22H24ClN3O3/c1-14(2)21(28)25-17-7-5-6-15(10-17)12-24-22(29)16-11-20(27)26(13-16)19-9-4-3-8-18(19)23/h3-10,14,16H,11-13H2,1-2H3,(H,24,29)(H,25,28). The summed E-state index contributed by atoms with van der Waals surface area (Å²) < 4.78 is 0. The number of rotatable bonds is 6. The van der Waals surface area contributed by atoms with Crippen LogP contribution in [0.5, 0.6) is 0 Å². The molecule has 1 fully saturated rings. The van der Waals surface area contributed by atoms with Crippen LogP contribution >= 0.6 is 11.6 Å². The maximum absolute atomic E-state index is 12.6. The number of hydrogen-bond donors (Lipinski definition) is 2. The van der Waals surface area contributed by atoms with Crippen LogP contribution in [0, 0.1) is 11.8 Å². The lowest BCUT2D eigenvalue weighted by molar-refractivity contribution is -0.126. The SMILES string of the molecule is CC(C)C(=O)Nc1cccc(CNC(=O)C2CC(=O)N(c3ccccc3Cl)C2)c1. The van der Waals surface area contributed by atoms with Gasteiger partial charge in [-0.3, -0.25) is 14.4 Å². The van der Waals surface area contributed by atoms with Gasteiger partial charge < -0.3 is 15.5 Å². The van der Waals surface area contributed by atoms with Crippen molar-refractivity contribution in [1.82, 2.24) is 5.32 Å². The molecule has 1 unspecified atom stereocenters. The van der Waals surface area contributed by atoms with Crippen molar-refractivity contribution in [2.24, 2.45) is 11.8 Å². The molecule has 7 heteroatoms. The van der Waals surface area contributed by atoms with Crippen LogP contribution < -0.4 is 15.5 Å². The van der Waals surface area contributed by atoms with Gasteiger partial charge in [-0.1, -0.05) is 49.7 Å². The van der Waals surface area contributed by atoms with E-state index in [2.05, 4.69) is 10.6 Å². The van der Waals surface area contributed by atoms with E-state index in [-0.39, 0.29) is 30.1 Å². The molecule has 0 aromatic heterocycles. The molecule has 0 radical (unpaired) electrons. The molecular weight excluding hydrogens is 390 g/mol. The zero-order valence-corrected chi connectivity index (χ0v) is 17.2. The molecule has 3 rings (SSSR count).